The molecule has 0 aliphatic rings. The molecule has 8 heteroatoms. The van der Waals surface area contributed by atoms with Gasteiger partial charge in [-0.15, -0.1) is 11.3 Å². The molecule has 3 rings (SSSR count). The zero-order valence-electron chi connectivity index (χ0n) is 18.7. The second-order valence-electron chi connectivity index (χ2n) is 7.05. The lowest BCUT2D eigenvalue weighted by molar-refractivity contribution is 0.0527. The molecule has 1 heterocycles. The van der Waals surface area contributed by atoms with E-state index in [9.17, 15) is 9.59 Å². The highest BCUT2D eigenvalue weighted by Crippen LogP contribution is 2.34. The molecule has 0 fully saturated rings. The molecule has 0 atom stereocenters. The molecule has 2 N–H and O–H groups in total. The van der Waals surface area contributed by atoms with Crippen molar-refractivity contribution in [2.45, 2.75) is 26.8 Å². The van der Waals surface area contributed by atoms with Gasteiger partial charge in [0, 0.05) is 0 Å². The van der Waals surface area contributed by atoms with E-state index in [0.29, 0.717) is 20.6 Å². The van der Waals surface area contributed by atoms with Gasteiger partial charge in [-0.1, -0.05) is 60.7 Å². The second-order valence-corrected chi connectivity index (χ2v) is 8.48. The van der Waals surface area contributed by atoms with Gasteiger partial charge in [-0.2, -0.15) is 0 Å². The predicted molar refractivity (Wildman–Crippen MR) is 135 cm³/mol. The van der Waals surface area contributed by atoms with Gasteiger partial charge in [-0.3, -0.25) is 0 Å². The minimum Gasteiger partial charge on any atom is -0.462 e. The molecule has 0 spiro atoms. The summed E-state index contributed by atoms with van der Waals surface area (Å²) in [6.07, 6.45) is 0. The Morgan fingerprint density at radius 1 is 0.909 bits per heavy atom. The van der Waals surface area contributed by atoms with E-state index in [1.807, 2.05) is 60.7 Å². The number of thiophene rings is 1. The molecule has 2 aromatic carbocycles. The number of ether oxygens (including phenoxy) is 2. The number of benzene rings is 2. The van der Waals surface area contributed by atoms with Gasteiger partial charge in [0.05, 0.1) is 24.8 Å². The first-order valence-electron chi connectivity index (χ1n) is 10.6. The van der Waals surface area contributed by atoms with Crippen LogP contribution in [0.5, 0.6) is 0 Å². The summed E-state index contributed by atoms with van der Waals surface area (Å²) < 4.78 is 10.4. The summed E-state index contributed by atoms with van der Waals surface area (Å²) in [7, 11) is 0. The van der Waals surface area contributed by atoms with Crippen LogP contribution in [0.1, 0.15) is 56.6 Å². The summed E-state index contributed by atoms with van der Waals surface area (Å²) in [5.74, 6) is -1.00. The number of nitrogens with one attached hydrogen (secondary N) is 2. The first kappa shape index (κ1) is 24.4. The smallest absolute Gasteiger partial charge is 0.348 e. The van der Waals surface area contributed by atoms with Gasteiger partial charge in [0.2, 0.25) is 0 Å². The lowest BCUT2D eigenvalue weighted by Crippen LogP contribution is -2.33. The third-order valence-electron chi connectivity index (χ3n) is 4.86. The topological polar surface area (TPSA) is 76.7 Å². The van der Waals surface area contributed by atoms with E-state index >= 15 is 0 Å². The van der Waals surface area contributed by atoms with Crippen molar-refractivity contribution in [3.8, 4) is 0 Å². The molecule has 172 valence electrons. The van der Waals surface area contributed by atoms with Crippen LogP contribution in [0.4, 0.5) is 5.00 Å². The molecule has 6 nitrogen and oxygen atoms in total. The molecule has 0 amide bonds. The van der Waals surface area contributed by atoms with Crippen LogP contribution in [-0.2, 0) is 9.47 Å². The number of esters is 2. The molecule has 33 heavy (non-hydrogen) atoms. The lowest BCUT2D eigenvalue weighted by atomic mass is 9.99. The van der Waals surface area contributed by atoms with Crippen LogP contribution in [0, 0.1) is 6.92 Å². The molecule has 0 bridgehead atoms. The minimum atomic E-state index is -0.519. The molecule has 1 aromatic heterocycles. The largest absolute Gasteiger partial charge is 0.462 e. The van der Waals surface area contributed by atoms with E-state index in [1.165, 1.54) is 0 Å². The maximum absolute atomic E-state index is 12.7. The van der Waals surface area contributed by atoms with E-state index in [4.69, 9.17) is 21.7 Å². The SMILES string of the molecule is CCOC(=O)c1sc(NC(=S)NC(c2ccccc2)c2ccccc2)c(C(=O)OCC)c1C. The standard InChI is InChI=1S/C25H26N2O4S2/c1-4-30-23(28)19-16(3)21(24(29)31-5-2)33-22(19)27-25(32)26-20(17-12-8-6-9-13-17)18-14-10-7-11-15-18/h6-15,20H,4-5H2,1-3H3,(H2,26,27,32). The Morgan fingerprint density at radius 3 is 1.94 bits per heavy atom. The van der Waals surface area contributed by atoms with Crippen LogP contribution in [0.2, 0.25) is 0 Å². The van der Waals surface area contributed by atoms with Crippen molar-refractivity contribution in [3.63, 3.8) is 0 Å². The van der Waals surface area contributed by atoms with Gasteiger partial charge in [0.15, 0.2) is 5.11 Å². The molecule has 0 aliphatic carbocycles. The number of carbonyl (C=O) groups is 2. The molecule has 0 unspecified atom stereocenters. The van der Waals surface area contributed by atoms with Crippen LogP contribution in [0.3, 0.4) is 0 Å². The van der Waals surface area contributed by atoms with E-state index in [1.54, 1.807) is 20.8 Å². The zero-order chi connectivity index (χ0) is 23.8. The van der Waals surface area contributed by atoms with Gasteiger partial charge >= 0.3 is 11.9 Å². The Hall–Kier alpha value is -3.23. The summed E-state index contributed by atoms with van der Waals surface area (Å²) in [6, 6.07) is 19.7. The van der Waals surface area contributed by atoms with Crippen LogP contribution in [0.15, 0.2) is 60.7 Å². The zero-order valence-corrected chi connectivity index (χ0v) is 20.3. The quantitative estimate of drug-likeness (QED) is 0.325. The normalized spacial score (nSPS) is 10.5. The summed E-state index contributed by atoms with van der Waals surface area (Å²) in [6.45, 7) is 5.63. The maximum Gasteiger partial charge on any atom is 0.348 e. The fraction of sp³-hybridized carbons (Fsp3) is 0.240. The Kier molecular flexibility index (Phi) is 8.57. The van der Waals surface area contributed by atoms with Crippen molar-refractivity contribution in [1.82, 2.24) is 5.32 Å². The predicted octanol–water partition coefficient (Wildman–Crippen LogP) is 5.49. The maximum atomic E-state index is 12.7. The molecule has 3 aromatic rings. The number of thiocarbonyl (C=S) groups is 1. The number of hydrogen-bond donors (Lipinski definition) is 2. The van der Waals surface area contributed by atoms with Crippen molar-refractivity contribution < 1.29 is 19.1 Å². The van der Waals surface area contributed by atoms with E-state index in [2.05, 4.69) is 10.6 Å². The molecular weight excluding hydrogens is 456 g/mol. The monoisotopic (exact) mass is 482 g/mol. The first-order valence-corrected chi connectivity index (χ1v) is 11.8. The molecule has 0 saturated heterocycles. The average Bonchev–Trinajstić information content (AvgIpc) is 3.14. The highest BCUT2D eigenvalue weighted by atomic mass is 32.1. The number of hydrogen-bond acceptors (Lipinski definition) is 6. The van der Waals surface area contributed by atoms with Crippen molar-refractivity contribution in [2.24, 2.45) is 0 Å². The molecule has 0 saturated carbocycles. The number of rotatable bonds is 8. The summed E-state index contributed by atoms with van der Waals surface area (Å²) in [5, 5.41) is 7.20. The van der Waals surface area contributed by atoms with Crippen LogP contribution < -0.4 is 10.6 Å². The highest BCUT2D eigenvalue weighted by Gasteiger charge is 2.27. The third-order valence-corrected chi connectivity index (χ3v) is 6.26. The minimum absolute atomic E-state index is 0.205. The average molecular weight is 483 g/mol. The van der Waals surface area contributed by atoms with Gasteiger partial charge < -0.3 is 20.1 Å². The third kappa shape index (κ3) is 5.97. The Bertz CT molecular complexity index is 1070. The van der Waals surface area contributed by atoms with E-state index < -0.39 is 11.9 Å². The summed E-state index contributed by atoms with van der Waals surface area (Å²) in [5.41, 5.74) is 2.86. The lowest BCUT2D eigenvalue weighted by Gasteiger charge is -2.22. The van der Waals surface area contributed by atoms with Crippen molar-refractivity contribution >= 4 is 45.6 Å². The fourth-order valence-corrected chi connectivity index (χ4v) is 4.74. The van der Waals surface area contributed by atoms with Crippen molar-refractivity contribution in [2.75, 3.05) is 18.5 Å². The van der Waals surface area contributed by atoms with Crippen molar-refractivity contribution in [3.05, 3.63) is 87.8 Å². The Morgan fingerprint density at radius 2 is 1.42 bits per heavy atom. The van der Waals surface area contributed by atoms with E-state index in [-0.39, 0.29) is 24.8 Å². The Labute approximate surface area is 202 Å². The first-order chi connectivity index (χ1) is 16.0. The number of anilines is 1. The van der Waals surface area contributed by atoms with Crippen molar-refractivity contribution in [1.29, 1.82) is 0 Å². The summed E-state index contributed by atoms with van der Waals surface area (Å²) >= 11 is 6.73. The fourth-order valence-electron chi connectivity index (χ4n) is 3.36. The number of carbonyl (C=O) groups excluding carboxylic acids is 2. The van der Waals surface area contributed by atoms with Crippen LogP contribution in [0.25, 0.3) is 0 Å². The van der Waals surface area contributed by atoms with Gasteiger partial charge in [-0.25, -0.2) is 9.59 Å². The summed E-state index contributed by atoms with van der Waals surface area (Å²) in [4.78, 5) is 25.4. The highest BCUT2D eigenvalue weighted by molar-refractivity contribution is 7.80. The second kappa shape index (κ2) is 11.6. The Balaban J connectivity index is 1.91. The van der Waals surface area contributed by atoms with Crippen LogP contribution >= 0.6 is 23.6 Å². The van der Waals surface area contributed by atoms with Gasteiger partial charge in [0.25, 0.3) is 0 Å². The molecular formula is C25H26N2O4S2. The van der Waals surface area contributed by atoms with Gasteiger partial charge in [-0.05, 0) is 49.7 Å². The van der Waals surface area contributed by atoms with E-state index in [0.717, 1.165) is 22.5 Å². The molecule has 0 radical (unpaired) electrons. The molecule has 0 aliphatic heterocycles. The van der Waals surface area contributed by atoms with Crippen LogP contribution in [-0.4, -0.2) is 30.3 Å². The van der Waals surface area contributed by atoms with Gasteiger partial charge in [0.1, 0.15) is 9.88 Å².